The molecule has 3 rings (SSSR count). The quantitative estimate of drug-likeness (QED) is 0.615. The first-order valence-corrected chi connectivity index (χ1v) is 6.81. The molecule has 2 heterocycles. The van der Waals surface area contributed by atoms with Gasteiger partial charge in [-0.05, 0) is 25.7 Å². The molecule has 4 nitrogen and oxygen atoms in total. The van der Waals surface area contributed by atoms with E-state index >= 15 is 0 Å². The van der Waals surface area contributed by atoms with Crippen LogP contribution in [-0.4, -0.2) is 22.0 Å². The van der Waals surface area contributed by atoms with Gasteiger partial charge in [-0.1, -0.05) is 5.92 Å². The summed E-state index contributed by atoms with van der Waals surface area (Å²) in [5, 5.41) is 1.96. The zero-order valence-electron chi connectivity index (χ0n) is 9.97. The second kappa shape index (κ2) is 4.46. The van der Waals surface area contributed by atoms with E-state index in [4.69, 9.17) is 4.74 Å². The molecule has 0 spiro atoms. The first kappa shape index (κ1) is 11.3. The van der Waals surface area contributed by atoms with Crippen molar-refractivity contribution in [1.82, 2.24) is 9.38 Å². The summed E-state index contributed by atoms with van der Waals surface area (Å²) in [7, 11) is 0. The highest BCUT2D eigenvalue weighted by molar-refractivity contribution is 7.15. The fourth-order valence-electron chi connectivity index (χ4n) is 1.58. The van der Waals surface area contributed by atoms with Gasteiger partial charge in [0.25, 0.3) is 0 Å². The van der Waals surface area contributed by atoms with Crippen LogP contribution in [0.15, 0.2) is 11.6 Å². The van der Waals surface area contributed by atoms with Gasteiger partial charge in [-0.3, -0.25) is 4.40 Å². The van der Waals surface area contributed by atoms with Crippen LogP contribution in [0.5, 0.6) is 0 Å². The average Bonchev–Trinajstić information content (AvgIpc) is 2.96. The molecule has 0 N–H and O–H groups in total. The minimum atomic E-state index is -0.380. The lowest BCUT2D eigenvalue weighted by Gasteiger charge is -1.95. The third kappa shape index (κ3) is 2.12. The Balaban J connectivity index is 1.93. The van der Waals surface area contributed by atoms with Crippen molar-refractivity contribution in [3.63, 3.8) is 0 Å². The van der Waals surface area contributed by atoms with Crippen molar-refractivity contribution in [3.05, 3.63) is 23.0 Å². The normalized spacial score (nSPS) is 14.3. The van der Waals surface area contributed by atoms with E-state index in [0.29, 0.717) is 18.2 Å². The number of carbonyl (C=O) groups excluding carboxylic acids is 1. The topological polar surface area (TPSA) is 43.6 Å². The summed E-state index contributed by atoms with van der Waals surface area (Å²) >= 11 is 1.48. The maximum atomic E-state index is 11.6. The molecule has 0 amide bonds. The van der Waals surface area contributed by atoms with Gasteiger partial charge < -0.3 is 4.74 Å². The smallest absolute Gasteiger partial charge is 0.358 e. The molecule has 0 saturated heterocycles. The Morgan fingerprint density at radius 2 is 2.50 bits per heavy atom. The van der Waals surface area contributed by atoms with Crippen LogP contribution >= 0.6 is 11.3 Å². The number of ether oxygens (including phenoxy) is 1. The Morgan fingerprint density at radius 3 is 3.22 bits per heavy atom. The Hall–Kier alpha value is -1.80. The molecule has 0 aliphatic heterocycles. The molecule has 0 radical (unpaired) electrons. The Labute approximate surface area is 109 Å². The number of carbonyl (C=O) groups is 1. The van der Waals surface area contributed by atoms with Crippen molar-refractivity contribution in [1.29, 1.82) is 0 Å². The van der Waals surface area contributed by atoms with E-state index in [-0.39, 0.29) is 5.97 Å². The fourth-order valence-corrected chi connectivity index (χ4v) is 2.39. The fraction of sp³-hybridized carbons (Fsp3) is 0.385. The zero-order valence-corrected chi connectivity index (χ0v) is 10.8. The highest BCUT2D eigenvalue weighted by Crippen LogP contribution is 2.27. The van der Waals surface area contributed by atoms with Crippen LogP contribution in [0, 0.1) is 17.8 Å². The molecule has 1 saturated carbocycles. The zero-order chi connectivity index (χ0) is 12.5. The Bertz CT molecular complexity index is 655. The van der Waals surface area contributed by atoms with Gasteiger partial charge in [-0.15, -0.1) is 11.3 Å². The lowest BCUT2D eigenvalue weighted by molar-refractivity contribution is 0.0520. The third-order valence-corrected chi connectivity index (χ3v) is 3.52. The standard InChI is InChI=1S/C13H12N2O2S/c1-2-17-12(16)11-7-15-10(6-5-9-3-4-9)8-18-13(15)14-11/h7-9H,2-4H2,1H3. The minimum absolute atomic E-state index is 0.346. The first-order chi connectivity index (χ1) is 8.78. The van der Waals surface area contributed by atoms with Gasteiger partial charge in [0.1, 0.15) is 5.69 Å². The number of nitrogens with zero attached hydrogens (tertiary/aromatic N) is 2. The summed E-state index contributed by atoms with van der Waals surface area (Å²) in [4.78, 5) is 16.6. The van der Waals surface area contributed by atoms with Crippen LogP contribution in [0.1, 0.15) is 35.9 Å². The lowest BCUT2D eigenvalue weighted by Crippen LogP contribution is -2.04. The summed E-state index contributed by atoms with van der Waals surface area (Å²) < 4.78 is 6.78. The second-order valence-corrected chi connectivity index (χ2v) is 5.00. The summed E-state index contributed by atoms with van der Waals surface area (Å²) in [6, 6.07) is 0. The van der Waals surface area contributed by atoms with Gasteiger partial charge in [0, 0.05) is 17.5 Å². The molecule has 0 aromatic carbocycles. The van der Waals surface area contributed by atoms with E-state index in [9.17, 15) is 4.79 Å². The van der Waals surface area contributed by atoms with Gasteiger partial charge in [-0.25, -0.2) is 9.78 Å². The van der Waals surface area contributed by atoms with E-state index in [0.717, 1.165) is 10.7 Å². The number of thiazole rings is 1. The maximum Gasteiger partial charge on any atom is 0.358 e. The van der Waals surface area contributed by atoms with Crippen LogP contribution in [-0.2, 0) is 4.74 Å². The Kier molecular flexibility index (Phi) is 2.80. The summed E-state index contributed by atoms with van der Waals surface area (Å²) in [5.74, 6) is 6.53. The number of esters is 1. The molecule has 2 aromatic heterocycles. The third-order valence-electron chi connectivity index (χ3n) is 2.68. The van der Waals surface area contributed by atoms with Gasteiger partial charge in [0.15, 0.2) is 10.7 Å². The monoisotopic (exact) mass is 260 g/mol. The number of fused-ring (bicyclic) bond motifs is 1. The van der Waals surface area contributed by atoms with E-state index in [2.05, 4.69) is 16.8 Å². The summed E-state index contributed by atoms with van der Waals surface area (Å²) in [6.45, 7) is 2.14. The SMILES string of the molecule is CCOC(=O)c1cn2c(C#CC3CC3)csc2n1. The number of rotatable bonds is 2. The summed E-state index contributed by atoms with van der Waals surface area (Å²) in [6.07, 6.45) is 4.11. The van der Waals surface area contributed by atoms with Crippen molar-refractivity contribution in [2.75, 3.05) is 6.61 Å². The van der Waals surface area contributed by atoms with E-state index in [1.165, 1.54) is 24.2 Å². The lowest BCUT2D eigenvalue weighted by atomic mass is 10.4. The predicted molar refractivity (Wildman–Crippen MR) is 68.6 cm³/mol. The molecular weight excluding hydrogens is 248 g/mol. The van der Waals surface area contributed by atoms with Crippen LogP contribution in [0.2, 0.25) is 0 Å². The van der Waals surface area contributed by atoms with Crippen LogP contribution in [0.3, 0.4) is 0 Å². The van der Waals surface area contributed by atoms with Crippen LogP contribution < -0.4 is 0 Å². The molecule has 0 unspecified atom stereocenters. The number of aromatic nitrogens is 2. The number of imidazole rings is 1. The Morgan fingerprint density at radius 1 is 1.67 bits per heavy atom. The molecule has 5 heteroatoms. The predicted octanol–water partition coefficient (Wildman–Crippen LogP) is 2.33. The molecule has 92 valence electrons. The van der Waals surface area contributed by atoms with E-state index in [1.807, 2.05) is 9.78 Å². The molecule has 1 aliphatic rings. The van der Waals surface area contributed by atoms with Gasteiger partial charge in [0.05, 0.1) is 6.61 Å². The molecular formula is C13H12N2O2S. The van der Waals surface area contributed by atoms with Crippen molar-refractivity contribution in [3.8, 4) is 11.8 Å². The highest BCUT2D eigenvalue weighted by Gasteiger charge is 2.18. The van der Waals surface area contributed by atoms with E-state index in [1.54, 1.807) is 13.1 Å². The first-order valence-electron chi connectivity index (χ1n) is 5.93. The van der Waals surface area contributed by atoms with Gasteiger partial charge in [0.2, 0.25) is 0 Å². The van der Waals surface area contributed by atoms with Crippen LogP contribution in [0.4, 0.5) is 0 Å². The second-order valence-electron chi connectivity index (χ2n) is 4.16. The molecule has 1 aliphatic carbocycles. The minimum Gasteiger partial charge on any atom is -0.461 e. The summed E-state index contributed by atoms with van der Waals surface area (Å²) in [5.41, 5.74) is 1.24. The molecule has 2 aromatic rings. The maximum absolute atomic E-state index is 11.6. The molecule has 1 fully saturated rings. The van der Waals surface area contributed by atoms with Crippen LogP contribution in [0.25, 0.3) is 4.96 Å². The van der Waals surface area contributed by atoms with Crippen molar-refractivity contribution in [2.24, 2.45) is 5.92 Å². The average molecular weight is 260 g/mol. The number of hydrogen-bond acceptors (Lipinski definition) is 4. The largest absolute Gasteiger partial charge is 0.461 e. The number of hydrogen-bond donors (Lipinski definition) is 0. The highest BCUT2D eigenvalue weighted by atomic mass is 32.1. The van der Waals surface area contributed by atoms with Crippen molar-refractivity contribution < 1.29 is 9.53 Å². The van der Waals surface area contributed by atoms with Crippen molar-refractivity contribution >= 4 is 22.3 Å². The van der Waals surface area contributed by atoms with Crippen molar-refractivity contribution in [2.45, 2.75) is 19.8 Å². The van der Waals surface area contributed by atoms with Gasteiger partial charge in [-0.2, -0.15) is 0 Å². The molecule has 0 atom stereocenters. The van der Waals surface area contributed by atoms with Gasteiger partial charge >= 0.3 is 5.97 Å². The van der Waals surface area contributed by atoms with E-state index < -0.39 is 0 Å². The molecule has 0 bridgehead atoms. The molecule has 18 heavy (non-hydrogen) atoms.